The summed E-state index contributed by atoms with van der Waals surface area (Å²) in [5.41, 5.74) is 13.7. The third kappa shape index (κ3) is 3.67. The van der Waals surface area contributed by atoms with E-state index in [1.807, 2.05) is 6.92 Å². The van der Waals surface area contributed by atoms with E-state index in [2.05, 4.69) is 4.98 Å². The third-order valence-electron chi connectivity index (χ3n) is 5.77. The topological polar surface area (TPSA) is 151 Å². The number of carbonyl (C=O) groups is 2. The fraction of sp³-hybridized carbons (Fsp3) is 0.381. The molecule has 4 rings (SSSR count). The van der Waals surface area contributed by atoms with Gasteiger partial charge in [-0.15, -0.1) is 11.3 Å². The minimum Gasteiger partial charge on any atom is -0.488 e. The van der Waals surface area contributed by atoms with Crippen molar-refractivity contribution in [2.75, 3.05) is 19.8 Å². The lowest BCUT2D eigenvalue weighted by Crippen LogP contribution is -2.38. The number of rotatable bonds is 7. The Morgan fingerprint density at radius 2 is 2.00 bits per heavy atom. The maximum atomic E-state index is 12.3. The first-order valence-electron chi connectivity index (χ1n) is 9.78. The van der Waals surface area contributed by atoms with Crippen LogP contribution in [0.1, 0.15) is 49.9 Å². The van der Waals surface area contributed by atoms with Gasteiger partial charge in [-0.3, -0.25) is 9.59 Å². The molecular weight excluding hydrogens is 422 g/mol. The van der Waals surface area contributed by atoms with Crippen LogP contribution in [0.4, 0.5) is 0 Å². The minimum atomic E-state index is -0.899. The second-order valence-corrected chi connectivity index (χ2v) is 8.49. The van der Waals surface area contributed by atoms with E-state index in [1.54, 1.807) is 17.6 Å². The first-order valence-corrected chi connectivity index (χ1v) is 10.7. The van der Waals surface area contributed by atoms with Crippen molar-refractivity contribution in [1.29, 1.82) is 0 Å². The number of primary amides is 2. The molecule has 0 aliphatic carbocycles. The van der Waals surface area contributed by atoms with Gasteiger partial charge in [-0.05, 0) is 31.9 Å². The number of benzene rings is 1. The molecule has 1 fully saturated rings. The predicted molar refractivity (Wildman–Crippen MR) is 113 cm³/mol. The van der Waals surface area contributed by atoms with Crippen LogP contribution < -0.4 is 16.2 Å². The number of amides is 2. The van der Waals surface area contributed by atoms with Crippen LogP contribution in [0, 0.1) is 6.92 Å². The van der Waals surface area contributed by atoms with Crippen molar-refractivity contribution < 1.29 is 28.6 Å². The first-order chi connectivity index (χ1) is 14.9. The predicted octanol–water partition coefficient (Wildman–Crippen LogP) is 2.02. The molecule has 3 aromatic rings. The molecule has 9 nitrogen and oxygen atoms in total. The summed E-state index contributed by atoms with van der Waals surface area (Å²) in [6.45, 7) is 2.81. The molecule has 1 aliphatic heterocycles. The molecule has 2 amide bonds. The molecule has 31 heavy (non-hydrogen) atoms. The molecule has 1 aliphatic rings. The Morgan fingerprint density at radius 3 is 2.58 bits per heavy atom. The van der Waals surface area contributed by atoms with Gasteiger partial charge in [0.1, 0.15) is 17.9 Å². The van der Waals surface area contributed by atoms with Gasteiger partial charge in [0.2, 0.25) is 5.76 Å². The summed E-state index contributed by atoms with van der Waals surface area (Å²) in [5.74, 6) is -1.58. The highest BCUT2D eigenvalue weighted by atomic mass is 32.1. The van der Waals surface area contributed by atoms with Gasteiger partial charge in [0.05, 0.1) is 28.3 Å². The van der Waals surface area contributed by atoms with Crippen molar-refractivity contribution in [2.45, 2.75) is 31.8 Å². The number of nitrogens with zero attached hydrogens (tertiary/aromatic N) is 1. The lowest BCUT2D eigenvalue weighted by atomic mass is 9.72. The van der Waals surface area contributed by atoms with Gasteiger partial charge in [-0.2, -0.15) is 0 Å². The van der Waals surface area contributed by atoms with E-state index >= 15 is 0 Å². The van der Waals surface area contributed by atoms with E-state index in [0.717, 1.165) is 10.6 Å². The highest BCUT2D eigenvalue weighted by Gasteiger charge is 2.40. The van der Waals surface area contributed by atoms with Crippen LogP contribution in [-0.4, -0.2) is 41.7 Å². The maximum Gasteiger partial charge on any atom is 0.285 e. The van der Waals surface area contributed by atoms with Crippen molar-refractivity contribution in [1.82, 2.24) is 4.98 Å². The molecule has 2 aromatic heterocycles. The smallest absolute Gasteiger partial charge is 0.285 e. The number of thiazole rings is 1. The van der Waals surface area contributed by atoms with Gasteiger partial charge in [-0.25, -0.2) is 4.98 Å². The Morgan fingerprint density at radius 1 is 1.26 bits per heavy atom. The first kappa shape index (κ1) is 21.3. The number of furan rings is 1. The zero-order valence-electron chi connectivity index (χ0n) is 17.0. The van der Waals surface area contributed by atoms with Gasteiger partial charge in [0.25, 0.3) is 11.8 Å². The van der Waals surface area contributed by atoms with Crippen LogP contribution in [-0.2, 0) is 16.8 Å². The standard InChI is InChI=1S/C21H23N3O6S/c1-11-14(31-10-24-11)8-29-13-3-2-12-15(16(19(22)26)18(30-12)20(23)27)17(13)21(9-25)4-6-28-7-5-21/h2-3,10,25H,4-9H2,1H3,(H2,22,26)(H2,23,27). The van der Waals surface area contributed by atoms with Crippen LogP contribution in [0.3, 0.4) is 0 Å². The Kier molecular flexibility index (Phi) is 5.69. The Labute approximate surface area is 181 Å². The van der Waals surface area contributed by atoms with E-state index in [-0.39, 0.29) is 30.1 Å². The number of hydrogen-bond acceptors (Lipinski definition) is 8. The summed E-state index contributed by atoms with van der Waals surface area (Å²) in [7, 11) is 0. The van der Waals surface area contributed by atoms with Crippen LogP contribution in [0.25, 0.3) is 11.0 Å². The van der Waals surface area contributed by atoms with Crippen LogP contribution in [0.2, 0.25) is 0 Å². The fourth-order valence-corrected chi connectivity index (χ4v) is 4.77. The monoisotopic (exact) mass is 445 g/mol. The number of aromatic nitrogens is 1. The number of ether oxygens (including phenoxy) is 2. The lowest BCUT2D eigenvalue weighted by Gasteiger charge is -2.37. The third-order valence-corrected chi connectivity index (χ3v) is 6.68. The van der Waals surface area contributed by atoms with E-state index in [4.69, 9.17) is 25.4 Å². The van der Waals surface area contributed by atoms with Crippen molar-refractivity contribution in [3.05, 3.63) is 45.1 Å². The summed E-state index contributed by atoms with van der Waals surface area (Å²) in [6.07, 6.45) is 0.988. The number of fused-ring (bicyclic) bond motifs is 1. The van der Waals surface area contributed by atoms with Crippen molar-refractivity contribution >= 4 is 34.1 Å². The summed E-state index contributed by atoms with van der Waals surface area (Å²) in [4.78, 5) is 29.5. The average Bonchev–Trinajstić information content (AvgIpc) is 3.35. The van der Waals surface area contributed by atoms with E-state index in [9.17, 15) is 14.7 Å². The normalized spacial score (nSPS) is 15.8. The highest BCUT2D eigenvalue weighted by molar-refractivity contribution is 7.09. The Balaban J connectivity index is 1.96. The molecule has 1 saturated heterocycles. The lowest BCUT2D eigenvalue weighted by molar-refractivity contribution is 0.0246. The summed E-state index contributed by atoms with van der Waals surface area (Å²) in [5, 5.41) is 10.8. The van der Waals surface area contributed by atoms with E-state index < -0.39 is 17.2 Å². The van der Waals surface area contributed by atoms with Gasteiger partial charge < -0.3 is 30.5 Å². The van der Waals surface area contributed by atoms with Gasteiger partial charge in [0.15, 0.2) is 0 Å². The average molecular weight is 445 g/mol. The SMILES string of the molecule is Cc1ncsc1COc1ccc2oc(C(N)=O)c(C(N)=O)c2c1C1(CO)CCOCC1. The number of carbonyl (C=O) groups excluding carboxylic acids is 2. The Hall–Kier alpha value is -2.95. The molecule has 0 unspecified atom stereocenters. The summed E-state index contributed by atoms with van der Waals surface area (Å²) in [6, 6.07) is 3.32. The molecule has 0 atom stereocenters. The molecule has 0 radical (unpaired) electrons. The zero-order valence-corrected chi connectivity index (χ0v) is 17.8. The van der Waals surface area contributed by atoms with Crippen LogP contribution in [0.15, 0.2) is 22.1 Å². The maximum absolute atomic E-state index is 12.3. The molecule has 5 N–H and O–H groups in total. The number of aliphatic hydroxyl groups excluding tert-OH is 1. The summed E-state index contributed by atoms with van der Waals surface area (Å²) >= 11 is 1.48. The molecular formula is C21H23N3O6S. The molecule has 164 valence electrons. The van der Waals surface area contributed by atoms with Crippen molar-refractivity contribution in [3.63, 3.8) is 0 Å². The minimum absolute atomic E-state index is 0.101. The fourth-order valence-electron chi connectivity index (χ4n) is 4.08. The molecule has 1 aromatic carbocycles. The second kappa shape index (κ2) is 8.29. The number of hydrogen-bond donors (Lipinski definition) is 3. The molecule has 0 bridgehead atoms. The van der Waals surface area contributed by atoms with E-state index in [1.165, 1.54) is 11.3 Å². The second-order valence-electron chi connectivity index (χ2n) is 7.55. The zero-order chi connectivity index (χ0) is 22.2. The number of aryl methyl sites for hydroxylation is 1. The van der Waals surface area contributed by atoms with Crippen molar-refractivity contribution in [2.24, 2.45) is 11.5 Å². The van der Waals surface area contributed by atoms with Crippen LogP contribution in [0.5, 0.6) is 5.75 Å². The van der Waals surface area contributed by atoms with E-state index in [0.29, 0.717) is 42.8 Å². The number of aliphatic hydroxyl groups is 1. The quantitative estimate of drug-likeness (QED) is 0.503. The van der Waals surface area contributed by atoms with Crippen molar-refractivity contribution in [3.8, 4) is 5.75 Å². The molecule has 0 saturated carbocycles. The molecule has 3 heterocycles. The van der Waals surface area contributed by atoms with Crippen LogP contribution >= 0.6 is 11.3 Å². The van der Waals surface area contributed by atoms with Gasteiger partial charge in [0, 0.05) is 29.6 Å². The molecule has 10 heteroatoms. The number of nitrogens with two attached hydrogens (primary N) is 2. The van der Waals surface area contributed by atoms with Gasteiger partial charge >= 0.3 is 0 Å². The highest BCUT2D eigenvalue weighted by Crippen LogP contribution is 2.46. The summed E-state index contributed by atoms with van der Waals surface area (Å²) < 4.78 is 17.3. The Bertz CT molecular complexity index is 1150. The molecule has 0 spiro atoms. The van der Waals surface area contributed by atoms with Gasteiger partial charge in [-0.1, -0.05) is 0 Å². The largest absolute Gasteiger partial charge is 0.488 e.